The summed E-state index contributed by atoms with van der Waals surface area (Å²) in [6, 6.07) is 11.4. The normalized spacial score (nSPS) is 9.74. The number of benzene rings is 2. The molecule has 0 saturated heterocycles. The Kier molecular flexibility index (Phi) is 5.61. The second kappa shape index (κ2) is 7.66. The van der Waals surface area contributed by atoms with E-state index < -0.39 is 5.82 Å². The van der Waals surface area contributed by atoms with E-state index in [1.165, 1.54) is 12.1 Å². The summed E-state index contributed by atoms with van der Waals surface area (Å²) in [5, 5.41) is 2.71. The van der Waals surface area contributed by atoms with Gasteiger partial charge in [-0.15, -0.1) is 0 Å². The molecule has 0 saturated carbocycles. The van der Waals surface area contributed by atoms with E-state index in [9.17, 15) is 9.18 Å². The predicted octanol–water partition coefficient (Wildman–Crippen LogP) is 3.33. The van der Waals surface area contributed by atoms with Crippen molar-refractivity contribution in [1.29, 1.82) is 0 Å². The van der Waals surface area contributed by atoms with Crippen LogP contribution in [0.5, 0.6) is 0 Å². The Bertz CT molecular complexity index is 761. The molecule has 3 nitrogen and oxygen atoms in total. The third-order valence-corrected chi connectivity index (χ3v) is 3.44. The number of carbonyl (C=O) groups is 1. The SMILES string of the molecule is CN(C)c1ccc(C#CCNC(=O)c2ccc(F)cc2Cl)cc1. The zero-order chi connectivity index (χ0) is 16.8. The van der Waals surface area contributed by atoms with Crippen LogP contribution in [0.3, 0.4) is 0 Å². The van der Waals surface area contributed by atoms with Crippen molar-refractivity contribution in [3.05, 3.63) is 64.4 Å². The van der Waals surface area contributed by atoms with Crippen molar-refractivity contribution in [3.8, 4) is 11.8 Å². The lowest BCUT2D eigenvalue weighted by atomic mass is 10.2. The number of hydrogen-bond acceptors (Lipinski definition) is 2. The lowest BCUT2D eigenvalue weighted by Crippen LogP contribution is -2.23. The highest BCUT2D eigenvalue weighted by molar-refractivity contribution is 6.33. The molecule has 0 radical (unpaired) electrons. The molecule has 0 aromatic heterocycles. The highest BCUT2D eigenvalue weighted by atomic mass is 35.5. The second-order valence-corrected chi connectivity index (χ2v) is 5.46. The van der Waals surface area contributed by atoms with E-state index >= 15 is 0 Å². The molecule has 0 aliphatic heterocycles. The Morgan fingerprint density at radius 3 is 2.52 bits per heavy atom. The van der Waals surface area contributed by atoms with Gasteiger partial charge in [-0.05, 0) is 42.5 Å². The number of hydrogen-bond donors (Lipinski definition) is 1. The van der Waals surface area contributed by atoms with Crippen molar-refractivity contribution in [2.75, 3.05) is 25.5 Å². The van der Waals surface area contributed by atoms with Crippen LogP contribution < -0.4 is 10.2 Å². The van der Waals surface area contributed by atoms with Gasteiger partial charge in [0.15, 0.2) is 0 Å². The van der Waals surface area contributed by atoms with Gasteiger partial charge in [-0.1, -0.05) is 23.4 Å². The van der Waals surface area contributed by atoms with Crippen LogP contribution in [0.2, 0.25) is 5.02 Å². The molecule has 23 heavy (non-hydrogen) atoms. The average Bonchev–Trinajstić information content (AvgIpc) is 2.51. The fourth-order valence-electron chi connectivity index (χ4n) is 1.88. The molecule has 0 unspecified atom stereocenters. The third-order valence-electron chi connectivity index (χ3n) is 3.13. The molecule has 0 aliphatic carbocycles. The first-order valence-corrected chi connectivity index (χ1v) is 7.34. The first-order chi connectivity index (χ1) is 11.0. The summed E-state index contributed by atoms with van der Waals surface area (Å²) in [5.41, 5.74) is 2.18. The molecule has 2 aromatic carbocycles. The summed E-state index contributed by atoms with van der Waals surface area (Å²) < 4.78 is 12.9. The highest BCUT2D eigenvalue weighted by Crippen LogP contribution is 2.16. The van der Waals surface area contributed by atoms with Crippen LogP contribution in [0.25, 0.3) is 0 Å². The van der Waals surface area contributed by atoms with Crippen LogP contribution in [0.15, 0.2) is 42.5 Å². The van der Waals surface area contributed by atoms with Gasteiger partial charge in [0.25, 0.3) is 5.91 Å². The summed E-state index contributed by atoms with van der Waals surface area (Å²) in [6.45, 7) is 0.183. The number of amides is 1. The number of nitrogens with zero attached hydrogens (tertiary/aromatic N) is 1. The predicted molar refractivity (Wildman–Crippen MR) is 91.4 cm³/mol. The van der Waals surface area contributed by atoms with Gasteiger partial charge in [-0.2, -0.15) is 0 Å². The van der Waals surface area contributed by atoms with Crippen LogP contribution in [0, 0.1) is 17.7 Å². The van der Waals surface area contributed by atoms with Crippen molar-refractivity contribution in [3.63, 3.8) is 0 Å². The Balaban J connectivity index is 1.93. The van der Waals surface area contributed by atoms with Gasteiger partial charge in [-0.25, -0.2) is 4.39 Å². The van der Waals surface area contributed by atoms with Crippen molar-refractivity contribution in [2.45, 2.75) is 0 Å². The standard InChI is InChI=1S/C18H16ClFN2O/c1-22(2)15-8-5-13(6-9-15)4-3-11-21-18(23)16-10-7-14(20)12-17(16)19/h5-10,12H,11H2,1-2H3,(H,21,23). The van der Waals surface area contributed by atoms with E-state index in [4.69, 9.17) is 11.6 Å². The Labute approximate surface area is 140 Å². The molecular formula is C18H16ClFN2O. The minimum atomic E-state index is -0.479. The van der Waals surface area contributed by atoms with Crippen LogP contribution in [-0.4, -0.2) is 26.5 Å². The molecule has 0 aliphatic rings. The molecule has 1 N–H and O–H groups in total. The lowest BCUT2D eigenvalue weighted by molar-refractivity contribution is 0.0959. The Hall–Kier alpha value is -2.51. The highest BCUT2D eigenvalue weighted by Gasteiger charge is 2.09. The first kappa shape index (κ1) is 16.9. The minimum Gasteiger partial charge on any atom is -0.378 e. The zero-order valence-electron chi connectivity index (χ0n) is 12.9. The molecule has 0 spiro atoms. The summed E-state index contributed by atoms with van der Waals surface area (Å²) in [5.74, 6) is 4.97. The van der Waals surface area contributed by atoms with Gasteiger partial charge in [0.2, 0.25) is 0 Å². The van der Waals surface area contributed by atoms with Crippen molar-refractivity contribution in [2.24, 2.45) is 0 Å². The molecule has 118 valence electrons. The zero-order valence-corrected chi connectivity index (χ0v) is 13.6. The maximum Gasteiger partial charge on any atom is 0.253 e. The molecule has 2 aromatic rings. The second-order valence-electron chi connectivity index (χ2n) is 5.05. The molecule has 0 fully saturated rings. The fraction of sp³-hybridized carbons (Fsp3) is 0.167. The van der Waals surface area contributed by atoms with E-state index in [-0.39, 0.29) is 23.0 Å². The van der Waals surface area contributed by atoms with Crippen LogP contribution in [-0.2, 0) is 0 Å². The molecule has 0 bridgehead atoms. The average molecular weight is 331 g/mol. The van der Waals surface area contributed by atoms with Gasteiger partial charge in [0, 0.05) is 25.3 Å². The Morgan fingerprint density at radius 1 is 1.22 bits per heavy atom. The van der Waals surface area contributed by atoms with Crippen LogP contribution in [0.1, 0.15) is 15.9 Å². The van der Waals surface area contributed by atoms with E-state index in [2.05, 4.69) is 17.2 Å². The lowest BCUT2D eigenvalue weighted by Gasteiger charge is -2.11. The molecule has 1 amide bonds. The fourth-order valence-corrected chi connectivity index (χ4v) is 2.14. The van der Waals surface area contributed by atoms with Gasteiger partial charge in [0.1, 0.15) is 5.82 Å². The quantitative estimate of drug-likeness (QED) is 0.876. The molecule has 5 heteroatoms. The van der Waals surface area contributed by atoms with Crippen molar-refractivity contribution < 1.29 is 9.18 Å². The summed E-state index contributed by atoms with van der Waals surface area (Å²) in [6.07, 6.45) is 0. The van der Waals surface area contributed by atoms with E-state index in [1.54, 1.807) is 0 Å². The van der Waals surface area contributed by atoms with E-state index in [1.807, 2.05) is 43.3 Å². The van der Waals surface area contributed by atoms with E-state index in [0.29, 0.717) is 0 Å². The summed E-state index contributed by atoms with van der Waals surface area (Å²) in [7, 11) is 3.94. The molecular weight excluding hydrogens is 315 g/mol. The largest absolute Gasteiger partial charge is 0.378 e. The number of carbonyl (C=O) groups excluding carboxylic acids is 1. The number of nitrogens with one attached hydrogen (secondary N) is 1. The van der Waals surface area contributed by atoms with Gasteiger partial charge in [-0.3, -0.25) is 4.79 Å². The maximum atomic E-state index is 12.9. The smallest absolute Gasteiger partial charge is 0.253 e. The molecule has 0 heterocycles. The summed E-state index contributed by atoms with van der Waals surface area (Å²) in [4.78, 5) is 13.9. The van der Waals surface area contributed by atoms with Gasteiger partial charge < -0.3 is 10.2 Å². The van der Waals surface area contributed by atoms with Gasteiger partial charge in [0.05, 0.1) is 17.1 Å². The number of anilines is 1. The van der Waals surface area contributed by atoms with Crippen LogP contribution in [0.4, 0.5) is 10.1 Å². The topological polar surface area (TPSA) is 32.3 Å². The first-order valence-electron chi connectivity index (χ1n) is 6.97. The third kappa shape index (κ3) is 4.73. The minimum absolute atomic E-state index is 0.0785. The Morgan fingerprint density at radius 2 is 1.91 bits per heavy atom. The van der Waals surface area contributed by atoms with Crippen molar-refractivity contribution in [1.82, 2.24) is 5.32 Å². The number of rotatable bonds is 3. The molecule has 0 atom stereocenters. The van der Waals surface area contributed by atoms with Crippen LogP contribution >= 0.6 is 11.6 Å². The number of halogens is 2. The molecule has 2 rings (SSSR count). The van der Waals surface area contributed by atoms with Gasteiger partial charge >= 0.3 is 0 Å². The van der Waals surface area contributed by atoms with E-state index in [0.717, 1.165) is 17.3 Å². The maximum absolute atomic E-state index is 12.9. The summed E-state index contributed by atoms with van der Waals surface area (Å²) >= 11 is 5.83. The van der Waals surface area contributed by atoms with Crippen molar-refractivity contribution >= 4 is 23.2 Å². The monoisotopic (exact) mass is 330 g/mol.